The molecule has 4 nitrogen and oxygen atoms in total. The molecule has 3 aromatic rings. The molecule has 7 heteroatoms. The van der Waals surface area contributed by atoms with E-state index in [-0.39, 0.29) is 16.9 Å². The van der Waals surface area contributed by atoms with Crippen LogP contribution in [0, 0.1) is 5.92 Å². The Hall–Kier alpha value is -2.47. The van der Waals surface area contributed by atoms with Gasteiger partial charge in [-0.2, -0.15) is 0 Å². The van der Waals surface area contributed by atoms with Gasteiger partial charge in [-0.3, -0.25) is 4.72 Å². The Bertz CT molecular complexity index is 1270. The van der Waals surface area contributed by atoms with E-state index in [1.54, 1.807) is 36.4 Å². The summed E-state index contributed by atoms with van der Waals surface area (Å²) in [4.78, 5) is 0.233. The molecule has 0 saturated heterocycles. The molecule has 0 fully saturated rings. The summed E-state index contributed by atoms with van der Waals surface area (Å²) in [6, 6.07) is 20.0. The summed E-state index contributed by atoms with van der Waals surface area (Å²) in [5, 5.41) is 4.81. The average Bonchev–Trinajstić information content (AvgIpc) is 3.23. The fourth-order valence-corrected chi connectivity index (χ4v) is 5.91. The Labute approximate surface area is 192 Å². The molecule has 0 spiro atoms. The topological polar surface area (TPSA) is 58.2 Å². The predicted molar refractivity (Wildman–Crippen MR) is 127 cm³/mol. The van der Waals surface area contributed by atoms with Gasteiger partial charge in [-0.25, -0.2) is 8.42 Å². The number of halogens is 2. The van der Waals surface area contributed by atoms with Crippen molar-refractivity contribution in [1.29, 1.82) is 0 Å². The predicted octanol–water partition coefficient (Wildman–Crippen LogP) is 6.62. The van der Waals surface area contributed by atoms with Crippen molar-refractivity contribution in [1.82, 2.24) is 0 Å². The normalized spacial score (nSPS) is 21.8. The van der Waals surface area contributed by atoms with Gasteiger partial charge in [0, 0.05) is 21.7 Å². The highest BCUT2D eigenvalue weighted by molar-refractivity contribution is 7.92. The third-order valence-electron chi connectivity index (χ3n) is 5.95. The van der Waals surface area contributed by atoms with E-state index in [9.17, 15) is 8.42 Å². The van der Waals surface area contributed by atoms with Gasteiger partial charge < -0.3 is 5.32 Å². The summed E-state index contributed by atoms with van der Waals surface area (Å²) in [6.07, 6.45) is 5.30. The lowest BCUT2D eigenvalue weighted by molar-refractivity contribution is 0.425. The third kappa shape index (κ3) is 3.93. The summed E-state index contributed by atoms with van der Waals surface area (Å²) < 4.78 is 28.6. The van der Waals surface area contributed by atoms with Gasteiger partial charge in [0.05, 0.1) is 16.6 Å². The van der Waals surface area contributed by atoms with Crippen molar-refractivity contribution >= 4 is 44.6 Å². The Kier molecular flexibility index (Phi) is 5.21. The monoisotopic (exact) mass is 470 g/mol. The maximum Gasteiger partial charge on any atom is 0.261 e. The molecule has 5 rings (SSSR count). The minimum Gasteiger partial charge on any atom is -0.378 e. The molecule has 0 unspecified atom stereocenters. The van der Waals surface area contributed by atoms with Gasteiger partial charge in [0.1, 0.15) is 0 Å². The number of hydrogen-bond acceptors (Lipinski definition) is 3. The molecule has 158 valence electrons. The first-order valence-corrected chi connectivity index (χ1v) is 12.3. The van der Waals surface area contributed by atoms with Gasteiger partial charge >= 0.3 is 0 Å². The van der Waals surface area contributed by atoms with Crippen LogP contribution in [0.5, 0.6) is 0 Å². The van der Waals surface area contributed by atoms with Crippen molar-refractivity contribution in [2.75, 3.05) is 10.0 Å². The molecule has 1 aliphatic heterocycles. The summed E-state index contributed by atoms with van der Waals surface area (Å²) in [7, 11) is -3.74. The molecule has 1 aliphatic carbocycles. The average molecular weight is 471 g/mol. The van der Waals surface area contributed by atoms with E-state index in [0.29, 0.717) is 21.7 Å². The fourth-order valence-electron chi connectivity index (χ4n) is 4.51. The van der Waals surface area contributed by atoms with Crippen LogP contribution in [-0.2, 0) is 10.0 Å². The highest BCUT2D eigenvalue weighted by atomic mass is 35.5. The molecule has 2 N–H and O–H groups in total. The molecule has 2 aliphatic rings. The van der Waals surface area contributed by atoms with Crippen molar-refractivity contribution in [2.24, 2.45) is 5.92 Å². The lowest BCUT2D eigenvalue weighted by atomic mass is 9.77. The van der Waals surface area contributed by atoms with Crippen LogP contribution in [0.2, 0.25) is 10.0 Å². The Morgan fingerprint density at radius 1 is 0.935 bits per heavy atom. The number of sulfonamides is 1. The van der Waals surface area contributed by atoms with E-state index in [1.165, 1.54) is 5.56 Å². The molecule has 3 aromatic carbocycles. The van der Waals surface area contributed by atoms with E-state index < -0.39 is 10.0 Å². The second-order valence-corrected chi connectivity index (χ2v) is 10.4. The molecule has 0 radical (unpaired) electrons. The number of hydrogen-bond donors (Lipinski definition) is 2. The zero-order chi connectivity index (χ0) is 21.6. The molecular weight excluding hydrogens is 451 g/mol. The smallest absolute Gasteiger partial charge is 0.261 e. The van der Waals surface area contributed by atoms with Gasteiger partial charge in [0.25, 0.3) is 10.0 Å². The van der Waals surface area contributed by atoms with Crippen molar-refractivity contribution in [3.8, 4) is 0 Å². The Morgan fingerprint density at radius 2 is 1.74 bits per heavy atom. The fraction of sp³-hybridized carbons (Fsp3) is 0.167. The van der Waals surface area contributed by atoms with Gasteiger partial charge in [0.2, 0.25) is 0 Å². The molecule has 1 heterocycles. The van der Waals surface area contributed by atoms with Crippen molar-refractivity contribution < 1.29 is 8.42 Å². The number of nitrogens with one attached hydrogen (secondary N) is 2. The highest BCUT2D eigenvalue weighted by Gasteiger charge is 2.38. The van der Waals surface area contributed by atoms with Gasteiger partial charge in [-0.15, -0.1) is 0 Å². The van der Waals surface area contributed by atoms with Crippen LogP contribution in [0.3, 0.4) is 0 Å². The first-order chi connectivity index (χ1) is 14.9. The molecule has 3 atom stereocenters. The van der Waals surface area contributed by atoms with E-state index in [1.807, 2.05) is 30.3 Å². The van der Waals surface area contributed by atoms with Crippen LogP contribution >= 0.6 is 23.2 Å². The Balaban J connectivity index is 1.49. The molecule has 0 amide bonds. The molecular formula is C24H20Cl2N2O2S. The van der Waals surface area contributed by atoms with E-state index in [4.69, 9.17) is 23.2 Å². The first-order valence-electron chi connectivity index (χ1n) is 10.0. The molecule has 0 saturated carbocycles. The molecule has 0 aromatic heterocycles. The number of fused-ring (bicyclic) bond motifs is 3. The lowest BCUT2D eigenvalue weighted by Gasteiger charge is -2.37. The maximum absolute atomic E-state index is 13.0. The van der Waals surface area contributed by atoms with Crippen molar-refractivity contribution in [3.63, 3.8) is 0 Å². The summed E-state index contributed by atoms with van der Waals surface area (Å²) in [5.74, 6) is 0.464. The zero-order valence-corrected chi connectivity index (χ0v) is 18.8. The van der Waals surface area contributed by atoms with Crippen LogP contribution < -0.4 is 10.0 Å². The maximum atomic E-state index is 13.0. The van der Waals surface area contributed by atoms with Crippen LogP contribution in [0.15, 0.2) is 83.8 Å². The van der Waals surface area contributed by atoms with Crippen LogP contribution in [0.25, 0.3) is 0 Å². The summed E-state index contributed by atoms with van der Waals surface area (Å²) >= 11 is 12.1. The van der Waals surface area contributed by atoms with Crippen molar-refractivity contribution in [2.45, 2.75) is 23.3 Å². The SMILES string of the molecule is O=S(=O)(Nc1cccc(Cl)c1)c1ccc2c(c1)[C@H]1C=CC[C@H]1[C@@H](c1ccc(Cl)cc1)N2. The third-order valence-corrected chi connectivity index (χ3v) is 7.82. The zero-order valence-electron chi connectivity index (χ0n) is 16.4. The first kappa shape index (κ1) is 20.4. The number of allylic oxidation sites excluding steroid dienone is 2. The largest absolute Gasteiger partial charge is 0.378 e. The van der Waals surface area contributed by atoms with Crippen LogP contribution in [0.1, 0.15) is 29.5 Å². The van der Waals surface area contributed by atoms with Crippen LogP contribution in [0.4, 0.5) is 11.4 Å². The number of anilines is 2. The van der Waals surface area contributed by atoms with E-state index in [0.717, 1.165) is 17.7 Å². The highest BCUT2D eigenvalue weighted by Crippen LogP contribution is 2.50. The molecule has 31 heavy (non-hydrogen) atoms. The van der Waals surface area contributed by atoms with E-state index in [2.05, 4.69) is 22.2 Å². The quantitative estimate of drug-likeness (QED) is 0.421. The number of benzene rings is 3. The van der Waals surface area contributed by atoms with Crippen molar-refractivity contribution in [3.05, 3.63) is 100 Å². The number of rotatable bonds is 4. The van der Waals surface area contributed by atoms with Crippen LogP contribution in [-0.4, -0.2) is 8.42 Å². The standard InChI is InChI=1S/C24H20Cl2N2O2S/c25-16-9-7-15(8-10-16)24-21-6-2-5-20(21)22-14-19(11-12-23(22)27-24)31(29,30)28-18-4-1-3-17(26)13-18/h1-5,7-14,20-21,24,27-28H,6H2/t20-,21+,24+/m0/s1. The van der Waals surface area contributed by atoms with E-state index >= 15 is 0 Å². The van der Waals surface area contributed by atoms with Gasteiger partial charge in [-0.1, -0.05) is 53.6 Å². The Morgan fingerprint density at radius 3 is 2.52 bits per heavy atom. The summed E-state index contributed by atoms with van der Waals surface area (Å²) in [5.41, 5.74) is 3.56. The summed E-state index contributed by atoms with van der Waals surface area (Å²) in [6.45, 7) is 0. The lowest BCUT2D eigenvalue weighted by Crippen LogP contribution is -2.29. The minimum absolute atomic E-state index is 0.136. The second-order valence-electron chi connectivity index (χ2n) is 7.89. The second kappa shape index (κ2) is 7.90. The van der Waals surface area contributed by atoms with Gasteiger partial charge in [-0.05, 0) is 72.0 Å². The van der Waals surface area contributed by atoms with Gasteiger partial charge in [0.15, 0.2) is 0 Å². The minimum atomic E-state index is -3.74. The molecule has 0 bridgehead atoms.